The van der Waals surface area contributed by atoms with Crippen LogP contribution in [0.5, 0.6) is 5.75 Å². The molecular weight excluding hydrogens is 257 g/mol. The van der Waals surface area contributed by atoms with Crippen molar-refractivity contribution in [2.75, 3.05) is 6.61 Å². The van der Waals surface area contributed by atoms with E-state index >= 15 is 0 Å². The first kappa shape index (κ1) is 15.8. The fourth-order valence-electron chi connectivity index (χ4n) is 2.05. The molecule has 0 radical (unpaired) electrons. The fraction of sp³-hybridized carbons (Fsp3) is 0.571. The van der Waals surface area contributed by atoms with Crippen molar-refractivity contribution in [3.63, 3.8) is 0 Å². The van der Waals surface area contributed by atoms with E-state index in [1.807, 2.05) is 0 Å². The Hall–Kier alpha value is -1.23. The summed E-state index contributed by atoms with van der Waals surface area (Å²) in [6, 6.07) is 5.80. The minimum atomic E-state index is -4.66. The molecule has 0 aliphatic rings. The highest BCUT2D eigenvalue weighted by molar-refractivity contribution is 5.27. The first-order chi connectivity index (χ1) is 8.80. The predicted molar refractivity (Wildman–Crippen MR) is 66.9 cm³/mol. The molecule has 108 valence electrons. The number of aliphatic hydroxyl groups excluding tert-OH is 1. The third-order valence-corrected chi connectivity index (χ3v) is 2.74. The van der Waals surface area contributed by atoms with Crippen molar-refractivity contribution in [1.29, 1.82) is 0 Å². The smallest absolute Gasteiger partial charge is 0.406 e. The first-order valence-corrected chi connectivity index (χ1v) is 6.25. The lowest BCUT2D eigenvalue weighted by Gasteiger charge is -2.16. The van der Waals surface area contributed by atoms with Gasteiger partial charge in [0.2, 0.25) is 0 Å². The maximum Gasteiger partial charge on any atom is 0.573 e. The number of rotatable bonds is 6. The minimum absolute atomic E-state index is 0.0823. The van der Waals surface area contributed by atoms with Crippen LogP contribution in [0.15, 0.2) is 24.3 Å². The van der Waals surface area contributed by atoms with Gasteiger partial charge >= 0.3 is 6.36 Å². The Bertz CT molecular complexity index is 371. The molecule has 2 nitrogen and oxygen atoms in total. The van der Waals surface area contributed by atoms with Gasteiger partial charge in [-0.15, -0.1) is 13.2 Å². The molecule has 0 spiro atoms. The quantitative estimate of drug-likeness (QED) is 0.856. The summed E-state index contributed by atoms with van der Waals surface area (Å²) in [5.74, 6) is 0.389. The van der Waals surface area contributed by atoms with Crippen LogP contribution in [0.1, 0.15) is 25.8 Å². The molecule has 0 aromatic heterocycles. The molecule has 0 bridgehead atoms. The van der Waals surface area contributed by atoms with E-state index in [-0.39, 0.29) is 18.3 Å². The Labute approximate surface area is 111 Å². The number of alkyl halides is 3. The zero-order valence-corrected chi connectivity index (χ0v) is 11.1. The third kappa shape index (κ3) is 6.47. The summed E-state index contributed by atoms with van der Waals surface area (Å²) in [5.41, 5.74) is 0.897. The van der Waals surface area contributed by atoms with E-state index in [1.165, 1.54) is 12.1 Å². The second-order valence-corrected chi connectivity index (χ2v) is 5.07. The molecule has 0 heterocycles. The molecule has 0 fully saturated rings. The Balaban J connectivity index is 2.60. The number of hydrogen-bond acceptors (Lipinski definition) is 2. The predicted octanol–water partition coefficient (Wildman–Crippen LogP) is 3.78. The molecule has 0 amide bonds. The summed E-state index contributed by atoms with van der Waals surface area (Å²) in [5, 5.41) is 9.27. The molecule has 0 aliphatic carbocycles. The SMILES string of the molecule is CC(C)CC(CO)Cc1ccc(OC(F)(F)F)cc1. The lowest BCUT2D eigenvalue weighted by molar-refractivity contribution is -0.274. The van der Waals surface area contributed by atoms with E-state index in [9.17, 15) is 18.3 Å². The lowest BCUT2D eigenvalue weighted by Crippen LogP contribution is -2.17. The average Bonchev–Trinajstić information content (AvgIpc) is 2.28. The minimum Gasteiger partial charge on any atom is -0.406 e. The van der Waals surface area contributed by atoms with Gasteiger partial charge in [-0.3, -0.25) is 0 Å². The molecule has 1 atom stereocenters. The number of benzene rings is 1. The summed E-state index contributed by atoms with van der Waals surface area (Å²) < 4.78 is 39.8. The Kier molecular flexibility index (Phi) is 5.66. The number of ether oxygens (including phenoxy) is 1. The maximum atomic E-state index is 12.0. The van der Waals surface area contributed by atoms with E-state index in [0.29, 0.717) is 12.3 Å². The molecule has 19 heavy (non-hydrogen) atoms. The first-order valence-electron chi connectivity index (χ1n) is 6.25. The van der Waals surface area contributed by atoms with Gasteiger partial charge in [-0.05, 0) is 42.4 Å². The maximum absolute atomic E-state index is 12.0. The van der Waals surface area contributed by atoms with Gasteiger partial charge in [-0.25, -0.2) is 0 Å². The average molecular weight is 276 g/mol. The number of hydrogen-bond donors (Lipinski definition) is 1. The van der Waals surface area contributed by atoms with Gasteiger partial charge in [0, 0.05) is 6.61 Å². The van der Waals surface area contributed by atoms with Gasteiger partial charge in [0.25, 0.3) is 0 Å². The molecule has 0 saturated heterocycles. The van der Waals surface area contributed by atoms with Crippen LogP contribution in [0.25, 0.3) is 0 Å². The second-order valence-electron chi connectivity index (χ2n) is 5.07. The highest BCUT2D eigenvalue weighted by Crippen LogP contribution is 2.24. The molecule has 1 rings (SSSR count). The van der Waals surface area contributed by atoms with Crippen LogP contribution >= 0.6 is 0 Å². The summed E-state index contributed by atoms with van der Waals surface area (Å²) in [6.45, 7) is 4.23. The molecule has 1 unspecified atom stereocenters. The van der Waals surface area contributed by atoms with Gasteiger partial charge < -0.3 is 9.84 Å². The van der Waals surface area contributed by atoms with E-state index in [4.69, 9.17) is 0 Å². The molecule has 1 aromatic rings. The van der Waals surface area contributed by atoms with E-state index in [1.54, 1.807) is 12.1 Å². The fourth-order valence-corrected chi connectivity index (χ4v) is 2.05. The van der Waals surface area contributed by atoms with Gasteiger partial charge in [0.05, 0.1) is 0 Å². The topological polar surface area (TPSA) is 29.5 Å². The van der Waals surface area contributed by atoms with Gasteiger partial charge in [-0.2, -0.15) is 0 Å². The second kappa shape index (κ2) is 6.80. The largest absolute Gasteiger partial charge is 0.573 e. The highest BCUT2D eigenvalue weighted by Gasteiger charge is 2.30. The summed E-state index contributed by atoms with van der Waals surface area (Å²) in [4.78, 5) is 0. The Morgan fingerprint density at radius 3 is 2.16 bits per heavy atom. The van der Waals surface area contributed by atoms with Crippen LogP contribution in [0.4, 0.5) is 13.2 Å². The van der Waals surface area contributed by atoms with Crippen LogP contribution < -0.4 is 4.74 Å². The Morgan fingerprint density at radius 2 is 1.74 bits per heavy atom. The van der Waals surface area contributed by atoms with Crippen LogP contribution in [0.2, 0.25) is 0 Å². The van der Waals surface area contributed by atoms with E-state index in [0.717, 1.165) is 12.0 Å². The summed E-state index contributed by atoms with van der Waals surface area (Å²) in [7, 11) is 0. The van der Waals surface area contributed by atoms with Crippen LogP contribution in [-0.4, -0.2) is 18.1 Å². The van der Waals surface area contributed by atoms with Crippen molar-refractivity contribution in [2.24, 2.45) is 11.8 Å². The van der Waals surface area contributed by atoms with Crippen molar-refractivity contribution in [2.45, 2.75) is 33.1 Å². The van der Waals surface area contributed by atoms with Crippen LogP contribution in [0, 0.1) is 11.8 Å². The van der Waals surface area contributed by atoms with Gasteiger partial charge in [0.1, 0.15) is 5.75 Å². The molecular formula is C14H19F3O2. The molecule has 1 aromatic carbocycles. The standard InChI is InChI=1S/C14H19F3O2/c1-10(2)7-12(9-18)8-11-3-5-13(6-4-11)19-14(15,16)17/h3-6,10,12,18H,7-9H2,1-2H3. The zero-order valence-electron chi connectivity index (χ0n) is 11.1. The Morgan fingerprint density at radius 1 is 1.16 bits per heavy atom. The van der Waals surface area contributed by atoms with Gasteiger partial charge in [0.15, 0.2) is 0 Å². The van der Waals surface area contributed by atoms with E-state index in [2.05, 4.69) is 18.6 Å². The van der Waals surface area contributed by atoms with Gasteiger partial charge in [-0.1, -0.05) is 26.0 Å². The van der Waals surface area contributed by atoms with Crippen LogP contribution in [-0.2, 0) is 6.42 Å². The summed E-state index contributed by atoms with van der Waals surface area (Å²) >= 11 is 0. The monoisotopic (exact) mass is 276 g/mol. The van der Waals surface area contributed by atoms with Crippen molar-refractivity contribution < 1.29 is 23.0 Å². The van der Waals surface area contributed by atoms with Crippen molar-refractivity contribution in [1.82, 2.24) is 0 Å². The molecule has 0 aliphatic heterocycles. The summed E-state index contributed by atoms with van der Waals surface area (Å²) in [6.07, 6.45) is -3.12. The third-order valence-electron chi connectivity index (χ3n) is 2.74. The molecule has 1 N–H and O–H groups in total. The number of halogens is 3. The van der Waals surface area contributed by atoms with Crippen molar-refractivity contribution in [3.8, 4) is 5.75 Å². The van der Waals surface area contributed by atoms with Crippen molar-refractivity contribution >= 4 is 0 Å². The zero-order chi connectivity index (χ0) is 14.5. The van der Waals surface area contributed by atoms with Crippen molar-refractivity contribution in [3.05, 3.63) is 29.8 Å². The molecule has 0 saturated carbocycles. The molecule has 5 heteroatoms. The normalized spacial score (nSPS) is 13.6. The van der Waals surface area contributed by atoms with E-state index < -0.39 is 6.36 Å². The van der Waals surface area contributed by atoms with Crippen LogP contribution in [0.3, 0.4) is 0 Å². The lowest BCUT2D eigenvalue weighted by atomic mass is 9.92. The highest BCUT2D eigenvalue weighted by atomic mass is 19.4. The number of aliphatic hydroxyl groups is 1.